The van der Waals surface area contributed by atoms with Crippen LogP contribution in [-0.2, 0) is 23.3 Å². The van der Waals surface area contributed by atoms with Crippen LogP contribution >= 0.6 is 0 Å². The number of aliphatic hydroxyl groups is 1. The SMILES string of the molecule is Cc1ccc(C)n1-c1cc(C(C)(C)CO)n(CCOCc2ccccc2)n1. The van der Waals surface area contributed by atoms with E-state index < -0.39 is 0 Å². The topological polar surface area (TPSA) is 52.2 Å². The smallest absolute Gasteiger partial charge is 0.159 e. The normalized spacial score (nSPS) is 11.9. The average molecular weight is 367 g/mol. The first-order valence-electron chi connectivity index (χ1n) is 9.38. The molecule has 144 valence electrons. The van der Waals surface area contributed by atoms with Gasteiger partial charge in [-0.1, -0.05) is 44.2 Å². The van der Waals surface area contributed by atoms with E-state index in [-0.39, 0.29) is 12.0 Å². The minimum Gasteiger partial charge on any atom is -0.395 e. The fraction of sp³-hybridized carbons (Fsp3) is 0.409. The van der Waals surface area contributed by atoms with Gasteiger partial charge in [0.2, 0.25) is 0 Å². The quantitative estimate of drug-likeness (QED) is 0.617. The van der Waals surface area contributed by atoms with Crippen LogP contribution < -0.4 is 0 Å². The Labute approximate surface area is 161 Å². The highest BCUT2D eigenvalue weighted by Gasteiger charge is 2.26. The molecule has 0 saturated carbocycles. The zero-order valence-electron chi connectivity index (χ0n) is 16.6. The van der Waals surface area contributed by atoms with E-state index in [9.17, 15) is 5.11 Å². The van der Waals surface area contributed by atoms with Gasteiger partial charge in [0.25, 0.3) is 0 Å². The molecule has 3 aromatic rings. The van der Waals surface area contributed by atoms with Gasteiger partial charge in [0, 0.05) is 28.6 Å². The number of aromatic nitrogens is 3. The molecule has 5 heteroatoms. The molecule has 0 saturated heterocycles. The van der Waals surface area contributed by atoms with Gasteiger partial charge in [0.1, 0.15) is 0 Å². The Kier molecular flexibility index (Phi) is 5.82. The van der Waals surface area contributed by atoms with Gasteiger partial charge in [0.15, 0.2) is 5.82 Å². The zero-order chi connectivity index (χ0) is 19.4. The molecule has 0 aliphatic heterocycles. The Balaban J connectivity index is 1.78. The van der Waals surface area contributed by atoms with Crippen molar-refractivity contribution in [1.29, 1.82) is 0 Å². The van der Waals surface area contributed by atoms with Gasteiger partial charge in [-0.2, -0.15) is 5.10 Å². The van der Waals surface area contributed by atoms with Gasteiger partial charge in [-0.3, -0.25) is 4.68 Å². The predicted molar refractivity (Wildman–Crippen MR) is 107 cm³/mol. The molecule has 1 N–H and O–H groups in total. The number of benzene rings is 1. The molecule has 0 aliphatic rings. The lowest BCUT2D eigenvalue weighted by Gasteiger charge is -2.22. The van der Waals surface area contributed by atoms with E-state index in [0.717, 1.165) is 28.5 Å². The van der Waals surface area contributed by atoms with Crippen molar-refractivity contribution in [3.63, 3.8) is 0 Å². The van der Waals surface area contributed by atoms with E-state index in [1.165, 1.54) is 0 Å². The molecular weight excluding hydrogens is 338 g/mol. The number of aryl methyl sites for hydroxylation is 2. The summed E-state index contributed by atoms with van der Waals surface area (Å²) in [5, 5.41) is 14.7. The second-order valence-corrected chi connectivity index (χ2v) is 7.64. The predicted octanol–water partition coefficient (Wildman–Crippen LogP) is 3.78. The first kappa shape index (κ1) is 19.4. The molecular formula is C22H29N3O2. The van der Waals surface area contributed by atoms with Crippen LogP contribution in [0.5, 0.6) is 0 Å². The highest BCUT2D eigenvalue weighted by Crippen LogP contribution is 2.26. The fourth-order valence-corrected chi connectivity index (χ4v) is 3.25. The molecule has 3 rings (SSSR count). The summed E-state index contributed by atoms with van der Waals surface area (Å²) in [6.07, 6.45) is 0. The summed E-state index contributed by atoms with van der Waals surface area (Å²) in [7, 11) is 0. The van der Waals surface area contributed by atoms with Gasteiger partial charge >= 0.3 is 0 Å². The summed E-state index contributed by atoms with van der Waals surface area (Å²) in [6, 6.07) is 16.4. The molecule has 0 radical (unpaired) electrons. The average Bonchev–Trinajstić information content (AvgIpc) is 3.23. The summed E-state index contributed by atoms with van der Waals surface area (Å²) < 4.78 is 9.95. The summed E-state index contributed by atoms with van der Waals surface area (Å²) in [4.78, 5) is 0. The fourth-order valence-electron chi connectivity index (χ4n) is 3.25. The van der Waals surface area contributed by atoms with E-state index in [1.54, 1.807) is 0 Å². The Morgan fingerprint density at radius 2 is 1.70 bits per heavy atom. The van der Waals surface area contributed by atoms with E-state index in [0.29, 0.717) is 19.8 Å². The first-order chi connectivity index (χ1) is 12.9. The number of hydrogen-bond acceptors (Lipinski definition) is 3. The van der Waals surface area contributed by atoms with E-state index in [4.69, 9.17) is 9.84 Å². The molecule has 2 aromatic heterocycles. The highest BCUT2D eigenvalue weighted by atomic mass is 16.5. The van der Waals surface area contributed by atoms with Crippen LogP contribution in [0.1, 0.15) is 36.5 Å². The summed E-state index contributed by atoms with van der Waals surface area (Å²) in [5.74, 6) is 0.884. The maximum absolute atomic E-state index is 9.86. The maximum Gasteiger partial charge on any atom is 0.159 e. The first-order valence-corrected chi connectivity index (χ1v) is 9.38. The van der Waals surface area contributed by atoms with Gasteiger partial charge in [-0.05, 0) is 31.5 Å². The number of hydrogen-bond donors (Lipinski definition) is 1. The van der Waals surface area contributed by atoms with E-state index in [1.807, 2.05) is 36.7 Å². The van der Waals surface area contributed by atoms with Crippen LogP contribution in [-0.4, -0.2) is 32.7 Å². The molecule has 2 heterocycles. The highest BCUT2D eigenvalue weighted by molar-refractivity contribution is 5.35. The lowest BCUT2D eigenvalue weighted by Crippen LogP contribution is -2.27. The number of ether oxygens (including phenoxy) is 1. The second kappa shape index (κ2) is 8.11. The molecule has 0 bridgehead atoms. The Bertz CT molecular complexity index is 859. The van der Waals surface area contributed by atoms with Crippen LogP contribution in [0.3, 0.4) is 0 Å². The lowest BCUT2D eigenvalue weighted by molar-refractivity contribution is 0.108. The third-order valence-electron chi connectivity index (χ3n) is 4.91. The molecule has 0 spiro atoms. The Morgan fingerprint density at radius 3 is 2.33 bits per heavy atom. The van der Waals surface area contributed by atoms with Crippen molar-refractivity contribution in [3.05, 3.63) is 71.2 Å². The summed E-state index contributed by atoms with van der Waals surface area (Å²) >= 11 is 0. The third-order valence-corrected chi connectivity index (χ3v) is 4.91. The van der Waals surface area contributed by atoms with Crippen molar-refractivity contribution in [2.45, 2.75) is 46.3 Å². The van der Waals surface area contributed by atoms with E-state index in [2.05, 4.69) is 48.7 Å². The molecule has 1 aromatic carbocycles. The van der Waals surface area contributed by atoms with Crippen LogP contribution in [0.25, 0.3) is 5.82 Å². The van der Waals surface area contributed by atoms with Gasteiger partial charge in [-0.15, -0.1) is 0 Å². The number of nitrogens with zero attached hydrogens (tertiary/aromatic N) is 3. The zero-order valence-corrected chi connectivity index (χ0v) is 16.6. The molecule has 5 nitrogen and oxygen atoms in total. The summed E-state index contributed by atoms with van der Waals surface area (Å²) in [5.41, 5.74) is 4.08. The van der Waals surface area contributed by atoms with Crippen LogP contribution in [0.2, 0.25) is 0 Å². The molecule has 0 fully saturated rings. The van der Waals surface area contributed by atoms with Crippen molar-refractivity contribution in [2.24, 2.45) is 0 Å². The molecule has 0 unspecified atom stereocenters. The lowest BCUT2D eigenvalue weighted by atomic mass is 9.90. The summed E-state index contributed by atoms with van der Waals surface area (Å²) in [6.45, 7) is 10.1. The standard InChI is InChI=1S/C22H29N3O2/c1-17-10-11-18(2)25(17)21-14-20(22(3,4)16-26)24(23-21)12-13-27-15-19-8-6-5-7-9-19/h5-11,14,26H,12-13,15-16H2,1-4H3. The largest absolute Gasteiger partial charge is 0.395 e. The van der Waals surface area contributed by atoms with Crippen molar-refractivity contribution in [1.82, 2.24) is 14.3 Å². The molecule has 0 aliphatic carbocycles. The van der Waals surface area contributed by atoms with Crippen LogP contribution in [0.4, 0.5) is 0 Å². The number of aliphatic hydroxyl groups excluding tert-OH is 1. The van der Waals surface area contributed by atoms with Crippen LogP contribution in [0, 0.1) is 13.8 Å². The molecule has 0 atom stereocenters. The van der Waals surface area contributed by atoms with E-state index >= 15 is 0 Å². The second-order valence-electron chi connectivity index (χ2n) is 7.64. The monoisotopic (exact) mass is 367 g/mol. The molecule has 27 heavy (non-hydrogen) atoms. The number of rotatable bonds is 8. The van der Waals surface area contributed by atoms with Gasteiger partial charge in [0.05, 0.1) is 26.4 Å². The Morgan fingerprint density at radius 1 is 1.04 bits per heavy atom. The van der Waals surface area contributed by atoms with Crippen LogP contribution in [0.15, 0.2) is 48.5 Å². The van der Waals surface area contributed by atoms with Crippen molar-refractivity contribution in [3.8, 4) is 5.82 Å². The Hall–Kier alpha value is -2.37. The minimum atomic E-state index is -0.375. The maximum atomic E-state index is 9.86. The van der Waals surface area contributed by atoms with Crippen molar-refractivity contribution < 1.29 is 9.84 Å². The third kappa shape index (κ3) is 4.31. The van der Waals surface area contributed by atoms with Gasteiger partial charge < -0.3 is 14.4 Å². The molecule has 0 amide bonds. The van der Waals surface area contributed by atoms with Crippen molar-refractivity contribution >= 4 is 0 Å². The van der Waals surface area contributed by atoms with Crippen molar-refractivity contribution in [2.75, 3.05) is 13.2 Å². The minimum absolute atomic E-state index is 0.0622. The van der Waals surface area contributed by atoms with Gasteiger partial charge in [-0.25, -0.2) is 0 Å².